The van der Waals surface area contributed by atoms with Gasteiger partial charge in [-0.15, -0.1) is 0 Å². The van der Waals surface area contributed by atoms with Gasteiger partial charge in [-0.2, -0.15) is 0 Å². The van der Waals surface area contributed by atoms with Crippen LogP contribution in [0.3, 0.4) is 0 Å². The lowest BCUT2D eigenvalue weighted by Gasteiger charge is -2.35. The second-order valence-corrected chi connectivity index (χ2v) is 5.05. The Balaban J connectivity index is 2.02. The lowest BCUT2D eigenvalue weighted by atomic mass is 9.68. The van der Waals surface area contributed by atoms with Gasteiger partial charge < -0.3 is 10.4 Å². The first-order valence-corrected chi connectivity index (χ1v) is 6.68. The zero-order valence-electron chi connectivity index (χ0n) is 11.1. The summed E-state index contributed by atoms with van der Waals surface area (Å²) in [5.41, 5.74) is 1.06. The van der Waals surface area contributed by atoms with Crippen molar-refractivity contribution in [2.45, 2.75) is 39.2 Å². The molecule has 0 heterocycles. The summed E-state index contributed by atoms with van der Waals surface area (Å²) in [4.78, 5) is 23.3. The number of nitrogens with one attached hydrogen (secondary N) is 1. The molecule has 0 spiro atoms. The Hall–Kier alpha value is -1.84. The molecule has 0 aliphatic heterocycles. The number of aliphatic carboxylic acids is 1. The van der Waals surface area contributed by atoms with Crippen molar-refractivity contribution in [1.29, 1.82) is 0 Å². The molecule has 1 saturated carbocycles. The molecule has 0 saturated heterocycles. The molecule has 0 radical (unpaired) electrons. The third kappa shape index (κ3) is 2.48. The molecule has 1 aromatic carbocycles. The Morgan fingerprint density at radius 1 is 1.26 bits per heavy atom. The van der Waals surface area contributed by atoms with E-state index in [4.69, 9.17) is 0 Å². The molecule has 0 atom stereocenters. The second-order valence-electron chi connectivity index (χ2n) is 5.05. The number of rotatable bonds is 5. The van der Waals surface area contributed by atoms with Crippen molar-refractivity contribution in [3.05, 3.63) is 35.4 Å². The molecule has 4 heteroatoms. The predicted molar refractivity (Wildman–Crippen MR) is 71.6 cm³/mol. The smallest absolute Gasteiger partial charge is 0.319 e. The molecule has 102 valence electrons. The van der Waals surface area contributed by atoms with Gasteiger partial charge in [0.15, 0.2) is 0 Å². The Morgan fingerprint density at radius 3 is 2.37 bits per heavy atom. The molecule has 0 bridgehead atoms. The first-order chi connectivity index (χ1) is 9.10. The number of amides is 1. The minimum absolute atomic E-state index is 0.350. The quantitative estimate of drug-likeness (QED) is 0.798. The van der Waals surface area contributed by atoms with Crippen LogP contribution in [-0.2, 0) is 22.6 Å². The van der Waals surface area contributed by atoms with Gasteiger partial charge in [-0.25, -0.2) is 0 Å². The number of carboxylic acid groups (broad SMARTS) is 1. The van der Waals surface area contributed by atoms with Gasteiger partial charge in [0.25, 0.3) is 0 Å². The number of aryl methyl sites for hydroxylation is 1. The summed E-state index contributed by atoms with van der Waals surface area (Å²) >= 11 is 0. The molecule has 1 amide bonds. The van der Waals surface area contributed by atoms with Gasteiger partial charge in [-0.05, 0) is 30.4 Å². The van der Waals surface area contributed by atoms with Crippen LogP contribution >= 0.6 is 0 Å². The topological polar surface area (TPSA) is 66.4 Å². The highest BCUT2D eigenvalue weighted by molar-refractivity contribution is 6.02. The molecular weight excluding hydrogens is 242 g/mol. The molecule has 2 N–H and O–H groups in total. The van der Waals surface area contributed by atoms with Crippen LogP contribution in [0.4, 0.5) is 0 Å². The lowest BCUT2D eigenvalue weighted by Crippen LogP contribution is -2.50. The summed E-state index contributed by atoms with van der Waals surface area (Å²) < 4.78 is 0. The van der Waals surface area contributed by atoms with E-state index >= 15 is 0 Å². The van der Waals surface area contributed by atoms with Crippen molar-refractivity contribution in [3.8, 4) is 0 Å². The average molecular weight is 261 g/mol. The van der Waals surface area contributed by atoms with Gasteiger partial charge in [0, 0.05) is 6.54 Å². The van der Waals surface area contributed by atoms with Gasteiger partial charge in [0.1, 0.15) is 5.41 Å². The zero-order chi connectivity index (χ0) is 13.9. The number of carbonyl (C=O) groups excluding carboxylic acids is 1. The van der Waals surface area contributed by atoms with Gasteiger partial charge in [-0.3, -0.25) is 9.59 Å². The van der Waals surface area contributed by atoms with Gasteiger partial charge >= 0.3 is 5.97 Å². The number of hydrogen-bond donors (Lipinski definition) is 2. The van der Waals surface area contributed by atoms with Crippen molar-refractivity contribution in [1.82, 2.24) is 5.32 Å². The highest BCUT2D eigenvalue weighted by Gasteiger charge is 2.50. The fraction of sp³-hybridized carbons (Fsp3) is 0.467. The fourth-order valence-corrected chi connectivity index (χ4v) is 2.49. The molecule has 2 rings (SSSR count). The van der Waals surface area contributed by atoms with Gasteiger partial charge in [0.05, 0.1) is 0 Å². The first kappa shape index (κ1) is 13.6. The van der Waals surface area contributed by atoms with Crippen LogP contribution in [-0.4, -0.2) is 17.0 Å². The molecular formula is C15H19NO3. The molecule has 0 aromatic heterocycles. The van der Waals surface area contributed by atoms with Crippen LogP contribution in [0.5, 0.6) is 0 Å². The Bertz CT molecular complexity index is 492. The van der Waals surface area contributed by atoms with E-state index in [0.717, 1.165) is 18.4 Å². The summed E-state index contributed by atoms with van der Waals surface area (Å²) in [6, 6.07) is 7.89. The van der Waals surface area contributed by atoms with Crippen molar-refractivity contribution in [2.24, 2.45) is 5.41 Å². The molecule has 19 heavy (non-hydrogen) atoms. The maximum absolute atomic E-state index is 12.1. The molecule has 1 aromatic rings. The standard InChI is InChI=1S/C15H19NO3/c1-2-11-6-3-4-7-12(11)10-16-13(17)15(14(18)19)8-5-9-15/h3-4,6-7H,2,5,8-10H2,1H3,(H,16,17)(H,18,19). The third-order valence-corrected chi connectivity index (χ3v) is 3.99. The minimum Gasteiger partial charge on any atom is -0.480 e. The average Bonchev–Trinajstić information content (AvgIpc) is 2.34. The fourth-order valence-electron chi connectivity index (χ4n) is 2.49. The van der Waals surface area contributed by atoms with Crippen LogP contribution in [0.25, 0.3) is 0 Å². The molecule has 0 unspecified atom stereocenters. The second kappa shape index (κ2) is 5.43. The van der Waals surface area contributed by atoms with Crippen molar-refractivity contribution < 1.29 is 14.7 Å². The van der Waals surface area contributed by atoms with E-state index in [-0.39, 0.29) is 5.91 Å². The first-order valence-electron chi connectivity index (χ1n) is 6.68. The van der Waals surface area contributed by atoms with Crippen molar-refractivity contribution in [2.75, 3.05) is 0 Å². The summed E-state index contributed by atoms with van der Waals surface area (Å²) in [6.07, 6.45) is 2.61. The van der Waals surface area contributed by atoms with E-state index < -0.39 is 11.4 Å². The van der Waals surface area contributed by atoms with E-state index in [9.17, 15) is 14.7 Å². The van der Waals surface area contributed by atoms with Crippen molar-refractivity contribution >= 4 is 11.9 Å². The zero-order valence-corrected chi connectivity index (χ0v) is 11.1. The van der Waals surface area contributed by atoms with Crippen molar-refractivity contribution in [3.63, 3.8) is 0 Å². The Labute approximate surface area is 112 Å². The summed E-state index contributed by atoms with van der Waals surface area (Å²) in [7, 11) is 0. The lowest BCUT2D eigenvalue weighted by molar-refractivity contribution is -0.162. The minimum atomic E-state index is -1.18. The molecule has 1 fully saturated rings. The highest BCUT2D eigenvalue weighted by atomic mass is 16.4. The maximum Gasteiger partial charge on any atom is 0.319 e. The SMILES string of the molecule is CCc1ccccc1CNC(=O)C1(C(=O)O)CCC1. The molecule has 1 aliphatic carbocycles. The predicted octanol–water partition coefficient (Wildman–Crippen LogP) is 2.12. The van der Waals surface area contributed by atoms with Crippen LogP contribution in [0.15, 0.2) is 24.3 Å². The van der Waals surface area contributed by atoms with E-state index in [2.05, 4.69) is 12.2 Å². The third-order valence-electron chi connectivity index (χ3n) is 3.99. The van der Waals surface area contributed by atoms with Crippen LogP contribution in [0.2, 0.25) is 0 Å². The highest BCUT2D eigenvalue weighted by Crippen LogP contribution is 2.41. The van der Waals surface area contributed by atoms with Crippen LogP contribution < -0.4 is 5.32 Å². The van der Waals surface area contributed by atoms with Gasteiger partial charge in [0.2, 0.25) is 5.91 Å². The molecule has 1 aliphatic rings. The normalized spacial score (nSPS) is 16.5. The number of carboxylic acids is 1. The summed E-state index contributed by atoms with van der Waals surface area (Å²) in [6.45, 7) is 2.46. The Morgan fingerprint density at radius 2 is 1.89 bits per heavy atom. The van der Waals surface area contributed by atoms with E-state index in [1.807, 2.05) is 24.3 Å². The number of benzene rings is 1. The molecule has 4 nitrogen and oxygen atoms in total. The largest absolute Gasteiger partial charge is 0.480 e. The number of hydrogen-bond acceptors (Lipinski definition) is 2. The van der Waals surface area contributed by atoms with Gasteiger partial charge in [-0.1, -0.05) is 37.6 Å². The monoisotopic (exact) mass is 261 g/mol. The van der Waals surface area contributed by atoms with E-state index in [1.165, 1.54) is 5.56 Å². The van der Waals surface area contributed by atoms with E-state index in [0.29, 0.717) is 19.4 Å². The maximum atomic E-state index is 12.1. The summed E-state index contributed by atoms with van der Waals surface area (Å²) in [5.74, 6) is -1.35. The van der Waals surface area contributed by atoms with Crippen LogP contribution in [0, 0.1) is 5.41 Å². The summed E-state index contributed by atoms with van der Waals surface area (Å²) in [5, 5.41) is 12.0. The van der Waals surface area contributed by atoms with E-state index in [1.54, 1.807) is 0 Å². The van der Waals surface area contributed by atoms with Crippen LogP contribution in [0.1, 0.15) is 37.3 Å². The number of carbonyl (C=O) groups is 2. The Kier molecular flexibility index (Phi) is 3.88.